The van der Waals surface area contributed by atoms with Gasteiger partial charge in [0, 0.05) is 52.7 Å². The minimum Gasteiger partial charge on any atom is -0.496 e. The highest BCUT2D eigenvalue weighted by Crippen LogP contribution is 2.42. The van der Waals surface area contributed by atoms with E-state index in [0.29, 0.717) is 78.2 Å². The molecule has 8 heterocycles. The molecule has 2 aromatic carbocycles. The van der Waals surface area contributed by atoms with Gasteiger partial charge >= 0.3 is 11.4 Å². The second kappa shape index (κ2) is 18.5. The molecule has 0 bridgehead atoms. The van der Waals surface area contributed by atoms with Crippen molar-refractivity contribution in [3.8, 4) is 33.8 Å². The number of hydrogen-bond donors (Lipinski definition) is 0. The Hall–Kier alpha value is -8.47. The maximum absolute atomic E-state index is 14.6. The minimum atomic E-state index is -0.524. The molecule has 0 aliphatic carbocycles. The number of nitrogens with zero attached hydrogens (tertiary/aromatic N) is 9. The topological polar surface area (TPSA) is 197 Å². The fraction of sp³-hybridized carbons (Fsp3) is 0.278. The van der Waals surface area contributed by atoms with E-state index in [9.17, 15) is 19.2 Å². The highest BCUT2D eigenvalue weighted by atomic mass is 16.5. The molecular formula is C54H51N9O8. The molecule has 8 aromatic heterocycles. The second-order valence-corrected chi connectivity index (χ2v) is 17.9. The Bertz CT molecular complexity index is 3550. The Morgan fingerprint density at radius 1 is 0.648 bits per heavy atom. The summed E-state index contributed by atoms with van der Waals surface area (Å²) in [5, 5.41) is 5.44. The van der Waals surface area contributed by atoms with Crippen LogP contribution >= 0.6 is 0 Å². The van der Waals surface area contributed by atoms with E-state index in [4.69, 9.17) is 28.4 Å². The van der Waals surface area contributed by atoms with E-state index in [0.717, 1.165) is 33.6 Å². The van der Waals surface area contributed by atoms with Gasteiger partial charge in [-0.25, -0.2) is 9.59 Å². The minimum absolute atomic E-state index is 0.00752. The van der Waals surface area contributed by atoms with Crippen molar-refractivity contribution in [2.24, 2.45) is 0 Å². The Balaban J connectivity index is 0.951. The van der Waals surface area contributed by atoms with Crippen LogP contribution in [0.1, 0.15) is 79.4 Å². The standard InChI is InChI=1S/C54H51N9O8/c1-29-28-70-33(5)49(29)39-20-43-37(22-47(39)68-7)51-45(24-57-43)60(53(66)62(51)31(3)41-16-9-11-18-55-41)26-35(64)14-13-15-36(65)27-61-46-25-58-44-21-40(50-30(2)59-71-34(50)6)48(69-8)23-38(44)52(46)63(54(61)67)32(4)42-17-10-12-19-56-42/h9-12,16-25,28,31-32H,13-15,26-27H2,1-8H3. The van der Waals surface area contributed by atoms with Gasteiger partial charge in [0.05, 0.1) is 114 Å². The molecule has 0 spiro atoms. The van der Waals surface area contributed by atoms with Crippen molar-refractivity contribution in [2.45, 2.75) is 86.0 Å². The first-order chi connectivity index (χ1) is 34.3. The van der Waals surface area contributed by atoms with Crippen molar-refractivity contribution < 1.29 is 28.0 Å². The van der Waals surface area contributed by atoms with Crippen LogP contribution < -0.4 is 20.9 Å². The number of carbonyl (C=O) groups excluding carboxylic acids is 2. The van der Waals surface area contributed by atoms with Gasteiger partial charge in [0.1, 0.15) is 23.0 Å². The number of fused-ring (bicyclic) bond motifs is 6. The van der Waals surface area contributed by atoms with Crippen molar-refractivity contribution in [1.82, 2.24) is 43.4 Å². The number of carbonyl (C=O) groups is 2. The first-order valence-electron chi connectivity index (χ1n) is 23.4. The molecule has 0 aliphatic rings. The smallest absolute Gasteiger partial charge is 0.330 e. The van der Waals surface area contributed by atoms with Crippen LogP contribution in [0.3, 0.4) is 0 Å². The number of aromatic nitrogens is 9. The van der Waals surface area contributed by atoms with Gasteiger partial charge in [0.15, 0.2) is 11.6 Å². The Morgan fingerprint density at radius 3 is 1.55 bits per heavy atom. The predicted octanol–water partition coefficient (Wildman–Crippen LogP) is 9.20. The third kappa shape index (κ3) is 7.96. The number of aryl methyl sites for hydroxylation is 4. The van der Waals surface area contributed by atoms with E-state index in [-0.39, 0.29) is 43.9 Å². The summed E-state index contributed by atoms with van der Waals surface area (Å²) in [5.74, 6) is 1.96. The summed E-state index contributed by atoms with van der Waals surface area (Å²) in [6.07, 6.45) is 8.50. The number of furan rings is 1. The van der Waals surface area contributed by atoms with E-state index in [1.807, 2.05) is 102 Å². The van der Waals surface area contributed by atoms with Crippen LogP contribution in [0.5, 0.6) is 11.5 Å². The largest absolute Gasteiger partial charge is 0.496 e. The number of rotatable bonds is 16. The number of pyridine rings is 4. The molecular weight excluding hydrogens is 903 g/mol. The van der Waals surface area contributed by atoms with Crippen molar-refractivity contribution >= 4 is 55.4 Å². The number of Topliss-reactive ketones (excluding diaryl/α,β-unsaturated/α-hetero) is 2. The second-order valence-electron chi connectivity index (χ2n) is 17.9. The third-order valence-electron chi connectivity index (χ3n) is 13.5. The van der Waals surface area contributed by atoms with E-state index in [1.54, 1.807) is 54.4 Å². The van der Waals surface area contributed by atoms with Crippen molar-refractivity contribution in [2.75, 3.05) is 14.2 Å². The summed E-state index contributed by atoms with van der Waals surface area (Å²) in [7, 11) is 3.17. The Labute approximate surface area is 406 Å². The number of benzene rings is 2. The number of ketones is 2. The molecule has 0 saturated heterocycles. The molecule has 17 nitrogen and oxygen atoms in total. The van der Waals surface area contributed by atoms with Gasteiger partial charge in [-0.1, -0.05) is 17.3 Å². The fourth-order valence-corrected chi connectivity index (χ4v) is 10.0. The lowest BCUT2D eigenvalue weighted by Crippen LogP contribution is -2.30. The highest BCUT2D eigenvalue weighted by Gasteiger charge is 2.28. The summed E-state index contributed by atoms with van der Waals surface area (Å²) in [4.78, 5) is 75.8. The predicted molar refractivity (Wildman–Crippen MR) is 268 cm³/mol. The molecule has 0 aliphatic heterocycles. The van der Waals surface area contributed by atoms with Gasteiger partial charge in [-0.3, -0.25) is 47.8 Å². The molecule has 0 saturated carbocycles. The summed E-state index contributed by atoms with van der Waals surface area (Å²) >= 11 is 0. The quantitative estimate of drug-likeness (QED) is 0.0889. The molecule has 2 unspecified atom stereocenters. The maximum atomic E-state index is 14.6. The summed E-state index contributed by atoms with van der Waals surface area (Å²) < 4.78 is 29.2. The zero-order chi connectivity index (χ0) is 49.8. The number of hydrogen-bond acceptors (Lipinski definition) is 13. The summed E-state index contributed by atoms with van der Waals surface area (Å²) in [6.45, 7) is 10.8. The summed E-state index contributed by atoms with van der Waals surface area (Å²) in [6, 6.07) is 17.6. The molecule has 71 heavy (non-hydrogen) atoms. The molecule has 360 valence electrons. The van der Waals surface area contributed by atoms with Crippen LogP contribution in [0.25, 0.3) is 66.1 Å². The number of ether oxygens (including phenoxy) is 2. The van der Waals surface area contributed by atoms with Gasteiger partial charge in [0.25, 0.3) is 0 Å². The first-order valence-corrected chi connectivity index (χ1v) is 23.4. The lowest BCUT2D eigenvalue weighted by molar-refractivity contribution is -0.121. The fourth-order valence-electron chi connectivity index (χ4n) is 10.0. The van der Waals surface area contributed by atoms with Crippen molar-refractivity contribution in [1.29, 1.82) is 0 Å². The van der Waals surface area contributed by atoms with E-state index in [1.165, 1.54) is 9.13 Å². The zero-order valence-corrected chi connectivity index (χ0v) is 40.6. The van der Waals surface area contributed by atoms with Crippen LogP contribution in [0, 0.1) is 27.7 Å². The van der Waals surface area contributed by atoms with Crippen LogP contribution in [0.4, 0.5) is 0 Å². The molecule has 2 atom stereocenters. The first kappa shape index (κ1) is 46.3. The molecule has 10 rings (SSSR count). The highest BCUT2D eigenvalue weighted by molar-refractivity contribution is 6.07. The Morgan fingerprint density at radius 2 is 1.14 bits per heavy atom. The molecule has 0 N–H and O–H groups in total. The molecule has 0 fully saturated rings. The van der Waals surface area contributed by atoms with Gasteiger partial charge in [-0.2, -0.15) is 0 Å². The van der Waals surface area contributed by atoms with Crippen LogP contribution in [0.15, 0.2) is 110 Å². The van der Waals surface area contributed by atoms with Gasteiger partial charge in [-0.05, 0) is 102 Å². The number of imidazole rings is 2. The van der Waals surface area contributed by atoms with Crippen LogP contribution in [-0.4, -0.2) is 69.1 Å². The SMILES string of the molecule is COc1cc2c(cc1-c1c(C)coc1C)ncc1c2n(C(C)c2ccccn2)c(=O)n1CC(=O)CCCC(=O)Cn1c(=O)n(C(C)c2ccccn2)c2c3cc(OC)c(-c4c(C)noc4C)cc3ncc21. The molecule has 17 heteroatoms. The lowest BCUT2D eigenvalue weighted by Gasteiger charge is -2.15. The van der Waals surface area contributed by atoms with Crippen LogP contribution in [0.2, 0.25) is 0 Å². The molecule has 0 amide bonds. The summed E-state index contributed by atoms with van der Waals surface area (Å²) in [5.41, 5.74) is 8.66. The number of methoxy groups -OCH3 is 2. The van der Waals surface area contributed by atoms with Gasteiger partial charge < -0.3 is 18.4 Å². The van der Waals surface area contributed by atoms with Crippen molar-refractivity contribution in [3.05, 3.63) is 147 Å². The van der Waals surface area contributed by atoms with Gasteiger partial charge in [-0.15, -0.1) is 0 Å². The molecule has 10 aromatic rings. The third-order valence-corrected chi connectivity index (χ3v) is 13.5. The van der Waals surface area contributed by atoms with Gasteiger partial charge in [0.2, 0.25) is 0 Å². The van der Waals surface area contributed by atoms with E-state index >= 15 is 0 Å². The molecule has 0 radical (unpaired) electrons. The zero-order valence-electron chi connectivity index (χ0n) is 40.6. The average molecular weight is 954 g/mol. The monoisotopic (exact) mass is 953 g/mol. The Kier molecular flexibility index (Phi) is 12.0. The van der Waals surface area contributed by atoms with E-state index in [2.05, 4.69) is 15.1 Å². The van der Waals surface area contributed by atoms with Crippen LogP contribution in [-0.2, 0) is 22.7 Å². The maximum Gasteiger partial charge on any atom is 0.330 e. The average Bonchev–Trinajstić information content (AvgIpc) is 4.08. The lowest BCUT2D eigenvalue weighted by atomic mass is 9.99. The normalized spacial score (nSPS) is 12.6. The van der Waals surface area contributed by atoms with Crippen molar-refractivity contribution in [3.63, 3.8) is 0 Å². The van der Waals surface area contributed by atoms with E-state index < -0.39 is 23.5 Å².